The summed E-state index contributed by atoms with van der Waals surface area (Å²) in [7, 11) is 2.82. The minimum absolute atomic E-state index is 0.0756. The van der Waals surface area contributed by atoms with Crippen molar-refractivity contribution in [2.45, 2.75) is 32.1 Å². The number of hydrogen-bond donors (Lipinski definition) is 1. The van der Waals surface area contributed by atoms with Crippen LogP contribution in [0.3, 0.4) is 0 Å². The average molecular weight is 423 g/mol. The number of ether oxygens (including phenoxy) is 2. The van der Waals surface area contributed by atoms with E-state index in [1.807, 2.05) is 19.1 Å². The van der Waals surface area contributed by atoms with Gasteiger partial charge in [0.15, 0.2) is 0 Å². The van der Waals surface area contributed by atoms with Crippen molar-refractivity contribution in [1.29, 1.82) is 0 Å². The van der Waals surface area contributed by atoms with E-state index in [4.69, 9.17) is 15.2 Å². The number of nitrogens with two attached hydrogens (primary N) is 1. The van der Waals surface area contributed by atoms with Gasteiger partial charge in [-0.25, -0.2) is 4.79 Å². The number of amides is 1. The minimum Gasteiger partial charge on any atom is -0.465 e. The molecular weight excluding hydrogens is 398 g/mol. The number of carbonyl (C=O) groups excluding carboxylic acids is 2. The van der Waals surface area contributed by atoms with Crippen molar-refractivity contribution in [3.8, 4) is 5.75 Å². The molecule has 1 amide bonds. The molecule has 0 bridgehead atoms. The SMILES string of the molecule is CCCCN1C(=O)C2(C(C(=O)OC)=C(N)Oc3cc(C)n(C)c(=O)c32)c2ccccc21. The van der Waals surface area contributed by atoms with E-state index in [0.717, 1.165) is 12.8 Å². The number of aromatic nitrogens is 1. The van der Waals surface area contributed by atoms with Crippen LogP contribution in [0.4, 0.5) is 5.69 Å². The lowest BCUT2D eigenvalue weighted by molar-refractivity contribution is -0.138. The molecule has 2 aliphatic rings. The van der Waals surface area contributed by atoms with E-state index in [9.17, 15) is 14.4 Å². The molecule has 1 spiro atoms. The molecule has 2 aromatic rings. The normalized spacial score (nSPS) is 19.4. The molecule has 8 nitrogen and oxygen atoms in total. The Balaban J connectivity index is 2.17. The van der Waals surface area contributed by atoms with Gasteiger partial charge in [-0.05, 0) is 19.4 Å². The number of aryl methyl sites for hydroxylation is 1. The number of nitrogens with zero attached hydrogens (tertiary/aromatic N) is 2. The first-order valence-electron chi connectivity index (χ1n) is 10.2. The summed E-state index contributed by atoms with van der Waals surface area (Å²) in [6.07, 6.45) is 1.64. The monoisotopic (exact) mass is 423 g/mol. The number of carbonyl (C=O) groups is 2. The predicted octanol–water partition coefficient (Wildman–Crippen LogP) is 1.86. The van der Waals surface area contributed by atoms with Gasteiger partial charge in [0.25, 0.3) is 5.56 Å². The largest absolute Gasteiger partial charge is 0.465 e. The van der Waals surface area contributed by atoms with Gasteiger partial charge in [0, 0.05) is 36.6 Å². The molecule has 0 aliphatic carbocycles. The first-order valence-corrected chi connectivity index (χ1v) is 10.2. The zero-order valence-electron chi connectivity index (χ0n) is 18.0. The maximum Gasteiger partial charge on any atom is 0.340 e. The average Bonchev–Trinajstić information content (AvgIpc) is 2.98. The van der Waals surface area contributed by atoms with Crippen LogP contribution in [-0.2, 0) is 26.8 Å². The number of unbranched alkanes of at least 4 members (excludes halogenated alkanes) is 1. The van der Waals surface area contributed by atoms with Crippen molar-refractivity contribution in [3.05, 3.63) is 69.0 Å². The topological polar surface area (TPSA) is 104 Å². The molecular formula is C23H25N3O5. The zero-order valence-corrected chi connectivity index (χ0v) is 18.0. The molecule has 1 atom stereocenters. The number of benzene rings is 1. The Morgan fingerprint density at radius 3 is 2.65 bits per heavy atom. The summed E-state index contributed by atoms with van der Waals surface area (Å²) in [6, 6.07) is 8.82. The Morgan fingerprint density at radius 1 is 1.26 bits per heavy atom. The van der Waals surface area contributed by atoms with Gasteiger partial charge < -0.3 is 24.7 Å². The number of hydrogen-bond acceptors (Lipinski definition) is 6. The van der Waals surface area contributed by atoms with E-state index in [1.165, 1.54) is 11.7 Å². The number of fused-ring (bicyclic) bond motifs is 4. The fourth-order valence-electron chi connectivity index (χ4n) is 4.53. The number of methoxy groups -OCH3 is 1. The molecule has 0 fully saturated rings. The number of pyridine rings is 1. The fourth-order valence-corrected chi connectivity index (χ4v) is 4.53. The van der Waals surface area contributed by atoms with E-state index < -0.39 is 22.9 Å². The third kappa shape index (κ3) is 2.64. The zero-order chi connectivity index (χ0) is 22.5. The highest BCUT2D eigenvalue weighted by Gasteiger charge is 2.62. The van der Waals surface area contributed by atoms with Crippen LogP contribution < -0.4 is 20.9 Å². The highest BCUT2D eigenvalue weighted by atomic mass is 16.5. The van der Waals surface area contributed by atoms with Crippen LogP contribution in [0, 0.1) is 6.92 Å². The standard InChI is InChI=1S/C23H25N3O5/c1-5-6-11-26-15-10-8-7-9-14(15)23(22(26)29)17-16(12-13(2)25(3)20(17)27)31-19(24)18(23)21(28)30-4/h7-10,12H,5-6,11,24H2,1-4H3. The van der Waals surface area contributed by atoms with Crippen LogP contribution in [0.2, 0.25) is 0 Å². The summed E-state index contributed by atoms with van der Waals surface area (Å²) in [5.41, 5.74) is 5.75. The molecule has 0 saturated heterocycles. The Morgan fingerprint density at radius 2 is 1.97 bits per heavy atom. The summed E-state index contributed by atoms with van der Waals surface area (Å²) in [5, 5.41) is 0. The highest BCUT2D eigenvalue weighted by molar-refractivity contribution is 6.18. The van der Waals surface area contributed by atoms with Gasteiger partial charge in [-0.1, -0.05) is 31.5 Å². The summed E-state index contributed by atoms with van der Waals surface area (Å²) >= 11 is 0. The second-order valence-corrected chi connectivity index (χ2v) is 7.80. The van der Waals surface area contributed by atoms with Gasteiger partial charge in [0.05, 0.1) is 12.7 Å². The van der Waals surface area contributed by atoms with Crippen molar-refractivity contribution in [2.75, 3.05) is 18.6 Å². The predicted molar refractivity (Wildman–Crippen MR) is 115 cm³/mol. The van der Waals surface area contributed by atoms with E-state index in [0.29, 0.717) is 23.5 Å². The maximum atomic E-state index is 14.2. The lowest BCUT2D eigenvalue weighted by Gasteiger charge is -2.35. The van der Waals surface area contributed by atoms with Gasteiger partial charge in [-0.2, -0.15) is 0 Å². The smallest absolute Gasteiger partial charge is 0.340 e. The van der Waals surface area contributed by atoms with Gasteiger partial charge in [-0.3, -0.25) is 9.59 Å². The molecule has 8 heteroatoms. The van der Waals surface area contributed by atoms with Crippen LogP contribution in [-0.4, -0.2) is 30.1 Å². The molecule has 31 heavy (non-hydrogen) atoms. The van der Waals surface area contributed by atoms with E-state index in [-0.39, 0.29) is 22.8 Å². The molecule has 1 unspecified atom stereocenters. The number of para-hydroxylation sites is 1. The molecule has 4 rings (SSSR count). The summed E-state index contributed by atoms with van der Waals surface area (Å²) in [4.78, 5) is 42.3. The first-order chi connectivity index (χ1) is 14.8. The van der Waals surface area contributed by atoms with Gasteiger partial charge in [0.2, 0.25) is 11.8 Å². The van der Waals surface area contributed by atoms with E-state index in [2.05, 4.69) is 0 Å². The highest BCUT2D eigenvalue weighted by Crippen LogP contribution is 2.54. The van der Waals surface area contributed by atoms with Crippen molar-refractivity contribution >= 4 is 17.6 Å². The van der Waals surface area contributed by atoms with Crippen LogP contribution in [0.15, 0.2) is 46.6 Å². The first kappa shape index (κ1) is 20.7. The quantitative estimate of drug-likeness (QED) is 0.753. The van der Waals surface area contributed by atoms with E-state index in [1.54, 1.807) is 37.1 Å². The van der Waals surface area contributed by atoms with Crippen molar-refractivity contribution in [1.82, 2.24) is 4.57 Å². The van der Waals surface area contributed by atoms with Crippen molar-refractivity contribution in [2.24, 2.45) is 12.8 Å². The molecule has 3 heterocycles. The van der Waals surface area contributed by atoms with Gasteiger partial charge >= 0.3 is 5.97 Å². The lowest BCUT2D eigenvalue weighted by atomic mass is 9.68. The Labute approximate surface area is 179 Å². The van der Waals surface area contributed by atoms with E-state index >= 15 is 0 Å². The number of rotatable bonds is 4. The van der Waals surface area contributed by atoms with Crippen LogP contribution in [0.5, 0.6) is 5.75 Å². The summed E-state index contributed by atoms with van der Waals surface area (Å²) in [6.45, 7) is 4.23. The van der Waals surface area contributed by atoms with Crippen LogP contribution >= 0.6 is 0 Å². The second kappa shape index (κ2) is 7.30. The lowest BCUT2D eigenvalue weighted by Crippen LogP contribution is -2.52. The molecule has 1 aromatic carbocycles. The summed E-state index contributed by atoms with van der Waals surface area (Å²) in [5.74, 6) is -1.29. The van der Waals surface area contributed by atoms with Crippen molar-refractivity contribution in [3.63, 3.8) is 0 Å². The molecule has 0 saturated carbocycles. The third-order valence-electron chi connectivity index (χ3n) is 6.14. The minimum atomic E-state index is -1.74. The molecule has 2 aliphatic heterocycles. The third-order valence-corrected chi connectivity index (χ3v) is 6.14. The maximum absolute atomic E-state index is 14.2. The van der Waals surface area contributed by atoms with Crippen LogP contribution in [0.1, 0.15) is 36.6 Å². The number of anilines is 1. The fraction of sp³-hybridized carbons (Fsp3) is 0.348. The van der Waals surface area contributed by atoms with Gasteiger partial charge in [0.1, 0.15) is 16.7 Å². The van der Waals surface area contributed by atoms with Gasteiger partial charge in [-0.15, -0.1) is 0 Å². The molecule has 1 aromatic heterocycles. The summed E-state index contributed by atoms with van der Waals surface area (Å²) < 4.78 is 12.2. The Bertz CT molecular complexity index is 1200. The van der Waals surface area contributed by atoms with Crippen molar-refractivity contribution < 1.29 is 19.1 Å². The second-order valence-electron chi connectivity index (χ2n) is 7.80. The molecule has 2 N–H and O–H groups in total. The molecule has 0 radical (unpaired) electrons. The Kier molecular flexibility index (Phi) is 4.88. The Hall–Kier alpha value is -3.55. The number of esters is 1. The van der Waals surface area contributed by atoms with Crippen LogP contribution in [0.25, 0.3) is 0 Å². The molecule has 162 valence electrons.